The van der Waals surface area contributed by atoms with Crippen molar-refractivity contribution >= 4 is 17.6 Å². The first-order valence-electron chi connectivity index (χ1n) is 4.71. The van der Waals surface area contributed by atoms with E-state index < -0.39 is 5.51 Å². The van der Waals surface area contributed by atoms with Gasteiger partial charge in [-0.3, -0.25) is 0 Å². The number of hydrogen-bond donors (Lipinski definition) is 1. The highest BCUT2D eigenvalue weighted by molar-refractivity contribution is 8.00. The maximum absolute atomic E-state index is 11.9. The largest absolute Gasteiger partial charge is 0.441 e. The number of thioether (sulfide) groups is 1. The van der Waals surface area contributed by atoms with Gasteiger partial charge in [-0.1, -0.05) is 19.1 Å². The highest BCUT2D eigenvalue weighted by Crippen LogP contribution is 2.30. The second kappa shape index (κ2) is 4.94. The molecule has 0 aliphatic carbocycles. The highest BCUT2D eigenvalue weighted by Gasteiger charge is 2.27. The third kappa shape index (κ3) is 3.58. The van der Waals surface area contributed by atoms with Crippen molar-refractivity contribution in [3.8, 4) is 0 Å². The van der Waals surface area contributed by atoms with Crippen LogP contribution in [0.15, 0.2) is 0 Å². The molecule has 0 aliphatic heterocycles. The molecular formula is C8H13F3N4S. The van der Waals surface area contributed by atoms with Gasteiger partial charge in [0.15, 0.2) is 5.82 Å². The van der Waals surface area contributed by atoms with E-state index in [0.29, 0.717) is 5.69 Å². The number of nitrogens with two attached hydrogens (primary N) is 1. The lowest BCUT2D eigenvalue weighted by Crippen LogP contribution is -2.12. The zero-order valence-corrected chi connectivity index (χ0v) is 9.77. The van der Waals surface area contributed by atoms with E-state index in [1.807, 2.05) is 13.8 Å². The Morgan fingerprint density at radius 2 is 2.06 bits per heavy atom. The fraction of sp³-hybridized carbons (Fsp3) is 0.750. The Bertz CT molecular complexity index is 348. The monoisotopic (exact) mass is 254 g/mol. The number of alkyl halides is 3. The fourth-order valence-corrected chi connectivity index (χ4v) is 1.84. The lowest BCUT2D eigenvalue weighted by molar-refractivity contribution is -0.0328. The summed E-state index contributed by atoms with van der Waals surface area (Å²) in [7, 11) is 0. The minimum atomic E-state index is -4.20. The molecule has 8 heteroatoms. The molecule has 92 valence electrons. The van der Waals surface area contributed by atoms with Crippen LogP contribution in [0.1, 0.15) is 25.5 Å². The van der Waals surface area contributed by atoms with Crippen LogP contribution < -0.4 is 5.73 Å². The van der Waals surface area contributed by atoms with Crippen LogP contribution in [0, 0.1) is 0 Å². The Morgan fingerprint density at radius 1 is 1.44 bits per heavy atom. The summed E-state index contributed by atoms with van der Waals surface area (Å²) in [4.78, 5) is 0. The fourth-order valence-electron chi connectivity index (χ4n) is 1.34. The van der Waals surface area contributed by atoms with Gasteiger partial charge in [0.05, 0.1) is 12.2 Å². The van der Waals surface area contributed by atoms with Gasteiger partial charge in [-0.05, 0) is 17.7 Å². The summed E-state index contributed by atoms with van der Waals surface area (Å²) in [5.41, 5.74) is 2.06. The van der Waals surface area contributed by atoms with Gasteiger partial charge in [0.1, 0.15) is 0 Å². The number of aryl methyl sites for hydroxylation is 1. The van der Waals surface area contributed by atoms with Gasteiger partial charge >= 0.3 is 5.51 Å². The van der Waals surface area contributed by atoms with Crippen LogP contribution in [0.2, 0.25) is 0 Å². The Kier molecular flexibility index (Phi) is 4.06. The summed E-state index contributed by atoms with van der Waals surface area (Å²) in [6.45, 7) is 3.94. The SMILES string of the molecule is CC(C)c1c(N)nnn1CCSC(F)(F)F. The number of anilines is 1. The second-order valence-electron chi connectivity index (χ2n) is 3.53. The first-order chi connectivity index (χ1) is 7.31. The summed E-state index contributed by atoms with van der Waals surface area (Å²) in [5.74, 6) is 0.282. The number of nitrogens with zero attached hydrogens (tertiary/aromatic N) is 3. The lowest BCUT2D eigenvalue weighted by atomic mass is 10.1. The van der Waals surface area contributed by atoms with E-state index in [1.165, 1.54) is 4.68 Å². The number of halogens is 3. The molecule has 1 aromatic rings. The predicted octanol–water partition coefficient (Wildman–Crippen LogP) is 2.24. The quantitative estimate of drug-likeness (QED) is 0.895. The van der Waals surface area contributed by atoms with Crippen molar-refractivity contribution < 1.29 is 13.2 Å². The molecule has 0 bridgehead atoms. The van der Waals surface area contributed by atoms with Crippen LogP contribution in [-0.2, 0) is 6.54 Å². The molecule has 0 saturated carbocycles. The van der Waals surface area contributed by atoms with Crippen molar-refractivity contribution in [1.82, 2.24) is 15.0 Å². The maximum atomic E-state index is 11.9. The topological polar surface area (TPSA) is 56.7 Å². The first kappa shape index (κ1) is 13.1. The van der Waals surface area contributed by atoms with Crippen LogP contribution >= 0.6 is 11.8 Å². The van der Waals surface area contributed by atoms with Crippen molar-refractivity contribution in [2.75, 3.05) is 11.5 Å². The molecule has 0 fully saturated rings. The van der Waals surface area contributed by atoms with E-state index in [0.717, 1.165) is 0 Å². The molecule has 0 radical (unpaired) electrons. The lowest BCUT2D eigenvalue weighted by Gasteiger charge is -2.10. The first-order valence-corrected chi connectivity index (χ1v) is 5.69. The van der Waals surface area contributed by atoms with Crippen LogP contribution in [0.3, 0.4) is 0 Å². The highest BCUT2D eigenvalue weighted by atomic mass is 32.2. The molecule has 1 heterocycles. The molecule has 1 rings (SSSR count). The molecular weight excluding hydrogens is 241 g/mol. The summed E-state index contributed by atoms with van der Waals surface area (Å²) < 4.78 is 37.2. The minimum absolute atomic E-state index is 0.0713. The Labute approximate surface area is 95.4 Å². The minimum Gasteiger partial charge on any atom is -0.381 e. The zero-order chi connectivity index (χ0) is 12.3. The summed E-state index contributed by atoms with van der Waals surface area (Å²) >= 11 is -0.0713. The number of aromatic nitrogens is 3. The molecule has 0 saturated heterocycles. The number of nitrogen functional groups attached to an aromatic ring is 1. The predicted molar refractivity (Wildman–Crippen MR) is 57.0 cm³/mol. The van der Waals surface area contributed by atoms with Crippen LogP contribution in [0.5, 0.6) is 0 Å². The summed E-state index contributed by atoms with van der Waals surface area (Å²) in [5, 5.41) is 7.37. The van der Waals surface area contributed by atoms with E-state index in [1.54, 1.807) is 0 Å². The van der Waals surface area contributed by atoms with Crippen molar-refractivity contribution in [1.29, 1.82) is 0 Å². The normalized spacial score (nSPS) is 12.4. The molecule has 0 aromatic carbocycles. The molecule has 0 amide bonds. The Morgan fingerprint density at radius 3 is 2.56 bits per heavy atom. The molecule has 0 unspecified atom stereocenters. The number of rotatable bonds is 4. The van der Waals surface area contributed by atoms with Gasteiger partial charge in [-0.15, -0.1) is 5.10 Å². The molecule has 0 aliphatic rings. The standard InChI is InChI=1S/C8H13F3N4S/c1-5(2)6-7(12)13-14-15(6)3-4-16-8(9,10)11/h5H,3-4,12H2,1-2H3. The molecule has 16 heavy (non-hydrogen) atoms. The van der Waals surface area contributed by atoms with E-state index in [9.17, 15) is 13.2 Å². The summed E-state index contributed by atoms with van der Waals surface area (Å²) in [6, 6.07) is 0. The molecule has 0 atom stereocenters. The smallest absolute Gasteiger partial charge is 0.381 e. The Balaban J connectivity index is 2.61. The van der Waals surface area contributed by atoms with Gasteiger partial charge in [0.25, 0.3) is 0 Å². The molecule has 2 N–H and O–H groups in total. The third-order valence-corrected chi connectivity index (χ3v) is 2.63. The van der Waals surface area contributed by atoms with Crippen molar-refractivity contribution in [2.45, 2.75) is 31.8 Å². The van der Waals surface area contributed by atoms with Gasteiger partial charge in [-0.2, -0.15) is 13.2 Å². The van der Waals surface area contributed by atoms with Gasteiger partial charge < -0.3 is 5.73 Å². The molecule has 1 aromatic heterocycles. The third-order valence-electron chi connectivity index (χ3n) is 1.92. The second-order valence-corrected chi connectivity index (χ2v) is 4.69. The van der Waals surface area contributed by atoms with Crippen LogP contribution in [-0.4, -0.2) is 26.3 Å². The maximum Gasteiger partial charge on any atom is 0.441 e. The Hall–Kier alpha value is -0.920. The average molecular weight is 254 g/mol. The number of hydrogen-bond acceptors (Lipinski definition) is 4. The van der Waals surface area contributed by atoms with E-state index in [-0.39, 0.29) is 35.8 Å². The van der Waals surface area contributed by atoms with Crippen molar-refractivity contribution in [2.24, 2.45) is 0 Å². The van der Waals surface area contributed by atoms with Crippen LogP contribution in [0.25, 0.3) is 0 Å². The van der Waals surface area contributed by atoms with Gasteiger partial charge in [0, 0.05) is 5.75 Å². The van der Waals surface area contributed by atoms with E-state index in [4.69, 9.17) is 5.73 Å². The molecule has 4 nitrogen and oxygen atoms in total. The summed E-state index contributed by atoms with van der Waals surface area (Å²) in [6.07, 6.45) is 0. The zero-order valence-electron chi connectivity index (χ0n) is 8.95. The van der Waals surface area contributed by atoms with E-state index >= 15 is 0 Å². The van der Waals surface area contributed by atoms with Crippen LogP contribution in [0.4, 0.5) is 19.0 Å². The van der Waals surface area contributed by atoms with E-state index in [2.05, 4.69) is 10.3 Å². The molecule has 0 spiro atoms. The van der Waals surface area contributed by atoms with Gasteiger partial charge in [-0.25, -0.2) is 4.68 Å². The van der Waals surface area contributed by atoms with Crippen molar-refractivity contribution in [3.63, 3.8) is 0 Å². The average Bonchev–Trinajstić information content (AvgIpc) is 2.44. The van der Waals surface area contributed by atoms with Crippen molar-refractivity contribution in [3.05, 3.63) is 5.69 Å². The van der Waals surface area contributed by atoms with Gasteiger partial charge in [0.2, 0.25) is 0 Å².